The SMILES string of the molecule is COC1(C(=O)O)CCN(C(=O)NCCCF)CC1. The summed E-state index contributed by atoms with van der Waals surface area (Å²) in [7, 11) is 1.37. The van der Waals surface area contributed by atoms with Crippen LogP contribution >= 0.6 is 0 Å². The molecular formula is C11H19FN2O4. The standard InChI is InChI=1S/C11H19FN2O4/c1-18-11(9(15)16)3-7-14(8-4-11)10(17)13-6-2-5-12/h2-8H2,1H3,(H,13,17)(H,15,16). The molecule has 6 nitrogen and oxygen atoms in total. The first-order valence-corrected chi connectivity index (χ1v) is 5.93. The highest BCUT2D eigenvalue weighted by molar-refractivity contribution is 5.79. The van der Waals surface area contributed by atoms with Crippen molar-refractivity contribution in [1.29, 1.82) is 0 Å². The number of nitrogens with zero attached hydrogens (tertiary/aromatic N) is 1. The van der Waals surface area contributed by atoms with E-state index in [-0.39, 0.29) is 25.3 Å². The molecule has 2 N–H and O–H groups in total. The van der Waals surface area contributed by atoms with Crippen LogP contribution in [0.5, 0.6) is 0 Å². The van der Waals surface area contributed by atoms with Gasteiger partial charge in [0.15, 0.2) is 5.60 Å². The predicted octanol–water partition coefficient (Wildman–Crippen LogP) is 0.621. The topological polar surface area (TPSA) is 78.9 Å². The molecule has 0 unspecified atom stereocenters. The number of urea groups is 1. The lowest BCUT2D eigenvalue weighted by molar-refractivity contribution is -0.167. The van der Waals surface area contributed by atoms with Crippen molar-refractivity contribution < 1.29 is 23.8 Å². The van der Waals surface area contributed by atoms with Crippen LogP contribution in [0, 0.1) is 0 Å². The van der Waals surface area contributed by atoms with Crippen LogP contribution < -0.4 is 5.32 Å². The van der Waals surface area contributed by atoms with Gasteiger partial charge in [-0.15, -0.1) is 0 Å². The number of carboxylic acid groups (broad SMARTS) is 1. The van der Waals surface area contributed by atoms with Gasteiger partial charge in [0.05, 0.1) is 6.67 Å². The van der Waals surface area contributed by atoms with Crippen molar-refractivity contribution in [3.05, 3.63) is 0 Å². The highest BCUT2D eigenvalue weighted by Gasteiger charge is 2.42. The summed E-state index contributed by atoms with van der Waals surface area (Å²) in [5.74, 6) is -0.998. The van der Waals surface area contributed by atoms with Crippen LogP contribution in [-0.4, -0.2) is 61.0 Å². The number of carbonyl (C=O) groups excluding carboxylic acids is 1. The van der Waals surface area contributed by atoms with Crippen molar-refractivity contribution in [2.75, 3.05) is 33.4 Å². The Morgan fingerprint density at radius 2 is 2.06 bits per heavy atom. The molecular weight excluding hydrogens is 243 g/mol. The molecule has 0 radical (unpaired) electrons. The van der Waals surface area contributed by atoms with Gasteiger partial charge in [-0.25, -0.2) is 9.59 Å². The van der Waals surface area contributed by atoms with Crippen LogP contribution in [0.15, 0.2) is 0 Å². The van der Waals surface area contributed by atoms with Crippen molar-refractivity contribution >= 4 is 12.0 Å². The Labute approximate surface area is 105 Å². The number of amides is 2. The first kappa shape index (κ1) is 14.7. The smallest absolute Gasteiger partial charge is 0.336 e. The van der Waals surface area contributed by atoms with E-state index in [1.807, 2.05) is 0 Å². The molecule has 18 heavy (non-hydrogen) atoms. The molecule has 0 aromatic carbocycles. The van der Waals surface area contributed by atoms with Gasteiger partial charge in [0.25, 0.3) is 0 Å². The monoisotopic (exact) mass is 262 g/mol. The second-order valence-corrected chi connectivity index (χ2v) is 4.27. The number of carbonyl (C=O) groups is 2. The number of rotatable bonds is 5. The van der Waals surface area contributed by atoms with Crippen LogP contribution in [0.1, 0.15) is 19.3 Å². The molecule has 7 heteroatoms. The third-order valence-corrected chi connectivity index (χ3v) is 3.23. The summed E-state index contributed by atoms with van der Waals surface area (Å²) >= 11 is 0. The van der Waals surface area contributed by atoms with E-state index < -0.39 is 18.2 Å². The molecule has 0 atom stereocenters. The van der Waals surface area contributed by atoms with Crippen LogP contribution in [0.3, 0.4) is 0 Å². The summed E-state index contributed by atoms with van der Waals surface area (Å²) in [5, 5.41) is 11.7. The Morgan fingerprint density at radius 1 is 1.44 bits per heavy atom. The van der Waals surface area contributed by atoms with Crippen LogP contribution in [-0.2, 0) is 9.53 Å². The number of ether oxygens (including phenoxy) is 1. The van der Waals surface area contributed by atoms with Gasteiger partial charge >= 0.3 is 12.0 Å². The van der Waals surface area contributed by atoms with E-state index in [4.69, 9.17) is 9.84 Å². The van der Waals surface area contributed by atoms with Gasteiger partial charge in [-0.3, -0.25) is 4.39 Å². The van der Waals surface area contributed by atoms with Gasteiger partial charge in [-0.05, 0) is 6.42 Å². The molecule has 1 heterocycles. The largest absolute Gasteiger partial charge is 0.479 e. The molecule has 1 aliphatic rings. The Balaban J connectivity index is 2.43. The molecule has 0 saturated carbocycles. The van der Waals surface area contributed by atoms with E-state index in [1.54, 1.807) is 0 Å². The van der Waals surface area contributed by atoms with Gasteiger partial charge in [0.2, 0.25) is 0 Å². The van der Waals surface area contributed by atoms with Crippen LogP contribution in [0.2, 0.25) is 0 Å². The van der Waals surface area contributed by atoms with Gasteiger partial charge in [-0.2, -0.15) is 0 Å². The Hall–Kier alpha value is -1.37. The zero-order valence-corrected chi connectivity index (χ0v) is 10.4. The Kier molecular flexibility index (Phi) is 5.33. The normalized spacial score (nSPS) is 18.4. The summed E-state index contributed by atoms with van der Waals surface area (Å²) in [6.45, 7) is 0.468. The average Bonchev–Trinajstić information content (AvgIpc) is 2.38. The maximum atomic E-state index is 11.9. The fourth-order valence-electron chi connectivity index (χ4n) is 1.95. The number of likely N-dealkylation sites (tertiary alicyclic amines) is 1. The van der Waals surface area contributed by atoms with Crippen LogP contribution in [0.25, 0.3) is 0 Å². The summed E-state index contributed by atoms with van der Waals surface area (Å²) in [6.07, 6.45) is 0.807. The minimum atomic E-state index is -1.18. The molecule has 1 rings (SSSR count). The van der Waals surface area contributed by atoms with E-state index in [2.05, 4.69) is 5.32 Å². The first-order chi connectivity index (χ1) is 8.55. The molecule has 1 fully saturated rings. The minimum Gasteiger partial charge on any atom is -0.479 e. The molecule has 104 valence electrons. The maximum Gasteiger partial charge on any atom is 0.336 e. The second-order valence-electron chi connectivity index (χ2n) is 4.27. The number of hydrogen-bond acceptors (Lipinski definition) is 3. The summed E-state index contributed by atoms with van der Waals surface area (Å²) in [6, 6.07) is -0.279. The number of aliphatic carboxylic acids is 1. The number of alkyl halides is 1. The van der Waals surface area contributed by atoms with E-state index >= 15 is 0 Å². The number of hydrogen-bond donors (Lipinski definition) is 2. The van der Waals surface area contributed by atoms with E-state index in [1.165, 1.54) is 12.0 Å². The van der Waals surface area contributed by atoms with Crippen molar-refractivity contribution in [3.8, 4) is 0 Å². The van der Waals surface area contributed by atoms with Crippen molar-refractivity contribution in [1.82, 2.24) is 10.2 Å². The summed E-state index contributed by atoms with van der Waals surface area (Å²) in [5.41, 5.74) is -1.18. The third-order valence-electron chi connectivity index (χ3n) is 3.23. The van der Waals surface area contributed by atoms with Crippen molar-refractivity contribution in [2.45, 2.75) is 24.9 Å². The molecule has 0 aromatic rings. The van der Waals surface area contributed by atoms with Gasteiger partial charge < -0.3 is 20.1 Å². The van der Waals surface area contributed by atoms with E-state index in [9.17, 15) is 14.0 Å². The Bertz CT molecular complexity index is 303. The maximum absolute atomic E-state index is 11.9. The fourth-order valence-corrected chi connectivity index (χ4v) is 1.95. The summed E-state index contributed by atoms with van der Waals surface area (Å²) < 4.78 is 16.9. The van der Waals surface area contributed by atoms with E-state index in [0.29, 0.717) is 19.6 Å². The number of halogens is 1. The zero-order chi connectivity index (χ0) is 13.6. The third kappa shape index (κ3) is 3.32. The number of piperidine rings is 1. The van der Waals surface area contributed by atoms with E-state index in [0.717, 1.165) is 0 Å². The molecule has 0 bridgehead atoms. The quantitative estimate of drug-likeness (QED) is 0.712. The van der Waals surface area contributed by atoms with Crippen molar-refractivity contribution in [2.24, 2.45) is 0 Å². The lowest BCUT2D eigenvalue weighted by atomic mass is 9.91. The molecule has 0 aliphatic carbocycles. The molecule has 2 amide bonds. The lowest BCUT2D eigenvalue weighted by Gasteiger charge is -2.37. The predicted molar refractivity (Wildman–Crippen MR) is 62.2 cm³/mol. The number of nitrogens with one attached hydrogen (secondary N) is 1. The lowest BCUT2D eigenvalue weighted by Crippen LogP contribution is -2.54. The fraction of sp³-hybridized carbons (Fsp3) is 0.818. The summed E-state index contributed by atoms with van der Waals surface area (Å²) in [4.78, 5) is 24.3. The average molecular weight is 262 g/mol. The van der Waals surface area contributed by atoms with Gasteiger partial charge in [0, 0.05) is 39.6 Å². The zero-order valence-electron chi connectivity index (χ0n) is 10.4. The second kappa shape index (κ2) is 6.53. The number of carboxylic acids is 1. The molecule has 1 saturated heterocycles. The highest BCUT2D eigenvalue weighted by Crippen LogP contribution is 2.26. The molecule has 0 spiro atoms. The highest BCUT2D eigenvalue weighted by atomic mass is 19.1. The molecule has 1 aliphatic heterocycles. The Morgan fingerprint density at radius 3 is 2.50 bits per heavy atom. The molecule has 0 aromatic heterocycles. The van der Waals surface area contributed by atoms with Crippen molar-refractivity contribution in [3.63, 3.8) is 0 Å². The van der Waals surface area contributed by atoms with Crippen LogP contribution in [0.4, 0.5) is 9.18 Å². The number of methoxy groups -OCH3 is 1. The van der Waals surface area contributed by atoms with Gasteiger partial charge in [0.1, 0.15) is 0 Å². The first-order valence-electron chi connectivity index (χ1n) is 5.93. The minimum absolute atomic E-state index is 0.259. The van der Waals surface area contributed by atoms with Gasteiger partial charge in [-0.1, -0.05) is 0 Å².